The van der Waals surface area contributed by atoms with Crippen molar-refractivity contribution in [3.63, 3.8) is 0 Å². The second kappa shape index (κ2) is 16.4. The summed E-state index contributed by atoms with van der Waals surface area (Å²) in [5.41, 5.74) is 11.5. The van der Waals surface area contributed by atoms with E-state index in [4.69, 9.17) is 0 Å². The molecule has 0 N–H and O–H groups in total. The van der Waals surface area contributed by atoms with Crippen LogP contribution in [-0.4, -0.2) is 8.80 Å². The van der Waals surface area contributed by atoms with Gasteiger partial charge in [-0.15, -0.1) is 69.1 Å². The summed E-state index contributed by atoms with van der Waals surface area (Å²) >= 11 is 0. The number of hydrogen-bond donors (Lipinski definition) is 0. The second-order valence-corrected chi connectivity index (χ2v) is 19.2. The third-order valence-electron chi connectivity index (χ3n) is 11.2. The summed E-state index contributed by atoms with van der Waals surface area (Å²) in [7, 11) is -1.14. The first-order valence-electron chi connectivity index (χ1n) is 18.4. The Balaban J connectivity index is 0.00000194. The molecule has 0 nitrogen and oxygen atoms in total. The topological polar surface area (TPSA) is 0 Å². The molecule has 0 atom stereocenters. The van der Waals surface area contributed by atoms with Crippen LogP contribution >= 0.6 is 0 Å². The molecule has 0 aliphatic heterocycles. The molecule has 7 rings (SSSR count). The molecule has 0 unspecified atom stereocenters. The molecule has 6 aromatic rings. The summed E-state index contributed by atoms with van der Waals surface area (Å²) in [4.78, 5) is 0. The minimum absolute atomic E-state index is 0. The summed E-state index contributed by atoms with van der Waals surface area (Å²) < 4.78 is 0. The van der Waals surface area contributed by atoms with Gasteiger partial charge < -0.3 is 24.8 Å². The number of fused-ring (bicyclic) bond motifs is 2. The molecule has 1 aliphatic rings. The van der Waals surface area contributed by atoms with Crippen LogP contribution in [0.15, 0.2) is 97.1 Å². The van der Waals surface area contributed by atoms with Crippen molar-refractivity contribution in [1.29, 1.82) is 0 Å². The van der Waals surface area contributed by atoms with Crippen molar-refractivity contribution in [2.75, 3.05) is 0 Å². The normalized spacial score (nSPS) is 14.0. The van der Waals surface area contributed by atoms with E-state index in [9.17, 15) is 0 Å². The van der Waals surface area contributed by atoms with E-state index in [0.29, 0.717) is 0 Å². The van der Waals surface area contributed by atoms with Crippen molar-refractivity contribution >= 4 is 40.7 Å². The van der Waals surface area contributed by atoms with Crippen molar-refractivity contribution in [3.05, 3.63) is 119 Å². The molecule has 0 heterocycles. The molecular formula is C47H53Cl2SiZr. The van der Waals surface area contributed by atoms with Gasteiger partial charge in [0.05, 0.1) is 0 Å². The van der Waals surface area contributed by atoms with Crippen LogP contribution in [0.3, 0.4) is 0 Å². The van der Waals surface area contributed by atoms with Gasteiger partial charge in [-0.25, -0.2) is 0 Å². The molecule has 1 radical (unpaired) electrons. The van der Waals surface area contributed by atoms with Gasteiger partial charge >= 0.3 is 26.2 Å². The molecule has 1 aliphatic carbocycles. The average Bonchev–Trinajstić information content (AvgIpc) is 3.58. The monoisotopic (exact) mass is 805 g/mol. The smallest absolute Gasteiger partial charge is 1.00 e. The summed E-state index contributed by atoms with van der Waals surface area (Å²) in [6, 6.07) is 39.2. The maximum absolute atomic E-state index is 2.50. The largest absolute Gasteiger partial charge is 4.00 e. The van der Waals surface area contributed by atoms with E-state index in [-0.39, 0.29) is 61.8 Å². The SMILES string of the molecule is Cc1[cH-]c2cccc(-c3ccc(C(C)(C)C)cc3)c2c1[Si](CC1CCCCC1)c1c(C)[cH-]c2cccc(-c3ccc(C(C)(C)C)cc3)c12.[Cl-].[Cl-].[Zr+4]. The molecule has 1 saturated carbocycles. The standard InChI is InChI=1S/C47H53Si.2ClH.Zr/c1-31-28-36-16-12-18-40(34-20-24-38(25-21-34)46(3,4)5)42(36)44(31)48(30-33-14-10-9-11-15-33)45-32(2)29-37-17-13-19-41(43(37)45)35-22-26-39(27-23-35)47(6,7)8;;;/h12-13,16-29,33H,9-11,14-15,30H2,1-8H3;2*1H;/q-2;;;+4/p-2. The summed E-state index contributed by atoms with van der Waals surface area (Å²) in [5, 5.41) is 9.12. The Hall–Kier alpha value is -2.22. The van der Waals surface area contributed by atoms with E-state index >= 15 is 0 Å². The van der Waals surface area contributed by atoms with Gasteiger partial charge in [0.25, 0.3) is 0 Å². The molecule has 0 amide bonds. The van der Waals surface area contributed by atoms with Crippen LogP contribution in [0.5, 0.6) is 0 Å². The molecule has 0 saturated heterocycles. The van der Waals surface area contributed by atoms with Crippen molar-refractivity contribution in [3.8, 4) is 22.3 Å². The molecular weight excluding hydrogens is 755 g/mol. The third-order valence-corrected chi connectivity index (χ3v) is 14.7. The van der Waals surface area contributed by atoms with Crippen LogP contribution in [0, 0.1) is 19.8 Å². The quantitative estimate of drug-likeness (QED) is 0.140. The van der Waals surface area contributed by atoms with E-state index in [1.54, 1.807) is 10.4 Å². The van der Waals surface area contributed by atoms with Gasteiger partial charge in [0, 0.05) is 0 Å². The molecule has 4 heteroatoms. The van der Waals surface area contributed by atoms with Crippen LogP contribution in [0.4, 0.5) is 0 Å². The molecule has 0 spiro atoms. The number of benzene rings is 4. The van der Waals surface area contributed by atoms with Gasteiger partial charge in [-0.3, -0.25) is 0 Å². The Morgan fingerprint density at radius 3 is 1.33 bits per heavy atom. The van der Waals surface area contributed by atoms with Crippen molar-refractivity contribution in [2.45, 2.75) is 104 Å². The maximum Gasteiger partial charge on any atom is 4.00 e. The Kier molecular flexibility index (Phi) is 13.4. The summed E-state index contributed by atoms with van der Waals surface area (Å²) in [6.07, 6.45) is 6.94. The van der Waals surface area contributed by atoms with Crippen LogP contribution in [-0.2, 0) is 37.0 Å². The van der Waals surface area contributed by atoms with E-state index in [0.717, 1.165) is 5.92 Å². The molecule has 51 heavy (non-hydrogen) atoms. The fourth-order valence-corrected chi connectivity index (χ4v) is 12.4. The first-order valence-corrected chi connectivity index (χ1v) is 20.1. The zero-order valence-electron chi connectivity index (χ0n) is 31.8. The average molecular weight is 808 g/mol. The van der Waals surface area contributed by atoms with Crippen molar-refractivity contribution in [2.24, 2.45) is 5.92 Å². The maximum atomic E-state index is 2.50. The zero-order valence-corrected chi connectivity index (χ0v) is 36.8. The Labute approximate surface area is 341 Å². The summed E-state index contributed by atoms with van der Waals surface area (Å²) in [5.74, 6) is 0.804. The van der Waals surface area contributed by atoms with Gasteiger partial charge in [0.1, 0.15) is 0 Å². The Morgan fingerprint density at radius 2 is 0.961 bits per heavy atom. The number of hydrogen-bond acceptors (Lipinski definition) is 0. The molecule has 0 aromatic heterocycles. The predicted octanol–water partition coefficient (Wildman–Crippen LogP) is 6.17. The van der Waals surface area contributed by atoms with E-state index < -0.39 is 8.80 Å². The second-order valence-electron chi connectivity index (χ2n) is 16.8. The molecule has 6 aromatic carbocycles. The predicted molar refractivity (Wildman–Crippen MR) is 213 cm³/mol. The van der Waals surface area contributed by atoms with Crippen LogP contribution in [0.25, 0.3) is 43.8 Å². The zero-order chi connectivity index (χ0) is 33.8. The fraction of sp³-hybridized carbons (Fsp3) is 0.362. The first kappa shape index (κ1) is 41.5. The van der Waals surface area contributed by atoms with E-state index in [1.165, 1.54) is 104 Å². The molecule has 263 valence electrons. The van der Waals surface area contributed by atoms with Crippen LogP contribution in [0.1, 0.15) is 95.9 Å². The minimum Gasteiger partial charge on any atom is -1.00 e. The summed E-state index contributed by atoms with van der Waals surface area (Å²) in [6.45, 7) is 18.6. The van der Waals surface area contributed by atoms with E-state index in [1.807, 2.05) is 0 Å². The Bertz CT molecular complexity index is 1920. The van der Waals surface area contributed by atoms with Crippen molar-refractivity contribution in [1.82, 2.24) is 0 Å². The molecule has 1 fully saturated rings. The minimum atomic E-state index is -1.14. The van der Waals surface area contributed by atoms with E-state index in [2.05, 4.69) is 152 Å². The van der Waals surface area contributed by atoms with Crippen LogP contribution < -0.4 is 35.2 Å². The fourth-order valence-electron chi connectivity index (χ4n) is 8.51. The number of rotatable bonds is 6. The first-order chi connectivity index (χ1) is 22.9. The van der Waals surface area contributed by atoms with Gasteiger partial charge in [-0.2, -0.15) is 10.4 Å². The number of halogens is 2. The van der Waals surface area contributed by atoms with Crippen LogP contribution in [0.2, 0.25) is 6.04 Å². The van der Waals surface area contributed by atoms with Gasteiger partial charge in [-0.05, 0) is 47.8 Å². The third kappa shape index (κ3) is 8.31. The van der Waals surface area contributed by atoms with Gasteiger partial charge in [0.15, 0.2) is 0 Å². The van der Waals surface area contributed by atoms with Crippen molar-refractivity contribution < 1.29 is 51.0 Å². The molecule has 0 bridgehead atoms. The number of aryl methyl sites for hydroxylation is 2. The van der Waals surface area contributed by atoms with Gasteiger partial charge in [0.2, 0.25) is 0 Å². The Morgan fingerprint density at radius 1 is 0.569 bits per heavy atom. The van der Waals surface area contributed by atoms with Gasteiger partial charge in [-0.1, -0.05) is 165 Å².